The molecule has 1 atom stereocenters. The number of methoxy groups -OCH3 is 1. The van der Waals surface area contributed by atoms with Gasteiger partial charge in [-0.2, -0.15) is 17.5 Å². The summed E-state index contributed by atoms with van der Waals surface area (Å²) < 4.78 is 88.2. The Kier molecular flexibility index (Phi) is 7.19. The standard InChI is InChI=1S/C24H29F4N3O3S/c1-17-16-30(21-8-6-18(25)14-20(21)24(26,27)28)12-13-31(17)35(32,33)23-15-19(7-9-22(23)34-2)29-10-4-3-5-11-29/h6-9,14-15,17H,3-5,10-13,16H2,1-2H3/t17-/m1/s1. The van der Waals surface area contributed by atoms with Crippen molar-refractivity contribution in [1.29, 1.82) is 0 Å². The third-order valence-electron chi connectivity index (χ3n) is 6.63. The summed E-state index contributed by atoms with van der Waals surface area (Å²) in [5.41, 5.74) is -0.430. The lowest BCUT2D eigenvalue weighted by Crippen LogP contribution is -2.54. The fourth-order valence-corrected chi connectivity index (χ4v) is 6.66. The first-order valence-corrected chi connectivity index (χ1v) is 13.0. The van der Waals surface area contributed by atoms with Crippen molar-refractivity contribution < 1.29 is 30.7 Å². The predicted molar refractivity (Wildman–Crippen MR) is 126 cm³/mol. The van der Waals surface area contributed by atoms with Crippen molar-refractivity contribution in [3.05, 3.63) is 47.8 Å². The maximum absolute atomic E-state index is 13.7. The molecule has 4 rings (SSSR count). The SMILES string of the molecule is COc1ccc(N2CCCCC2)cc1S(=O)(=O)N1CCN(c2ccc(F)cc2C(F)(F)F)C[C@H]1C. The summed E-state index contributed by atoms with van der Waals surface area (Å²) in [4.78, 5) is 3.65. The summed E-state index contributed by atoms with van der Waals surface area (Å²) in [6, 6.07) is 7.04. The molecule has 35 heavy (non-hydrogen) atoms. The number of piperazine rings is 1. The Hall–Kier alpha value is -2.53. The van der Waals surface area contributed by atoms with Crippen molar-refractivity contribution in [3.63, 3.8) is 0 Å². The van der Waals surface area contributed by atoms with Crippen LogP contribution in [-0.2, 0) is 16.2 Å². The third-order valence-corrected chi connectivity index (χ3v) is 8.66. The second-order valence-electron chi connectivity index (χ2n) is 8.95. The molecule has 11 heteroatoms. The van der Waals surface area contributed by atoms with Gasteiger partial charge in [-0.25, -0.2) is 12.8 Å². The van der Waals surface area contributed by atoms with E-state index in [4.69, 9.17) is 4.74 Å². The average molecular weight is 516 g/mol. The van der Waals surface area contributed by atoms with E-state index < -0.39 is 33.6 Å². The van der Waals surface area contributed by atoms with Gasteiger partial charge < -0.3 is 14.5 Å². The highest BCUT2D eigenvalue weighted by Crippen LogP contribution is 2.39. The highest BCUT2D eigenvalue weighted by molar-refractivity contribution is 7.89. The number of nitrogens with zero attached hydrogens (tertiary/aromatic N) is 3. The number of ether oxygens (including phenoxy) is 1. The molecular weight excluding hydrogens is 486 g/mol. The molecule has 6 nitrogen and oxygen atoms in total. The lowest BCUT2D eigenvalue weighted by molar-refractivity contribution is -0.137. The summed E-state index contributed by atoms with van der Waals surface area (Å²) >= 11 is 0. The Morgan fingerprint density at radius 1 is 0.943 bits per heavy atom. The first-order valence-electron chi connectivity index (χ1n) is 11.6. The molecule has 0 bridgehead atoms. The minimum atomic E-state index is -4.73. The van der Waals surface area contributed by atoms with Gasteiger partial charge in [-0.05, 0) is 62.6 Å². The van der Waals surface area contributed by atoms with E-state index in [0.717, 1.165) is 50.2 Å². The highest BCUT2D eigenvalue weighted by Gasteiger charge is 2.39. The van der Waals surface area contributed by atoms with E-state index in [1.54, 1.807) is 19.1 Å². The molecule has 0 radical (unpaired) electrons. The van der Waals surface area contributed by atoms with Crippen LogP contribution in [0.4, 0.5) is 28.9 Å². The van der Waals surface area contributed by atoms with Gasteiger partial charge >= 0.3 is 6.18 Å². The second-order valence-corrected chi connectivity index (χ2v) is 10.8. The number of hydrogen-bond donors (Lipinski definition) is 0. The Bertz CT molecular complexity index is 1170. The van der Waals surface area contributed by atoms with E-state index in [1.807, 2.05) is 6.07 Å². The topological polar surface area (TPSA) is 53.1 Å². The van der Waals surface area contributed by atoms with Gasteiger partial charge in [0.2, 0.25) is 10.0 Å². The van der Waals surface area contributed by atoms with Crippen LogP contribution in [0.25, 0.3) is 0 Å². The number of alkyl halides is 3. The second kappa shape index (κ2) is 9.85. The Labute approximate surface area is 203 Å². The molecule has 0 aliphatic carbocycles. The summed E-state index contributed by atoms with van der Waals surface area (Å²) in [5.74, 6) is -0.755. The molecule has 0 aromatic heterocycles. The number of hydrogen-bond acceptors (Lipinski definition) is 5. The largest absolute Gasteiger partial charge is 0.495 e. The van der Waals surface area contributed by atoms with E-state index in [1.165, 1.54) is 16.3 Å². The van der Waals surface area contributed by atoms with E-state index in [-0.39, 0.29) is 36.0 Å². The summed E-state index contributed by atoms with van der Waals surface area (Å²) in [5, 5.41) is 0. The van der Waals surface area contributed by atoms with Gasteiger partial charge in [0.25, 0.3) is 0 Å². The molecule has 2 aromatic carbocycles. The van der Waals surface area contributed by atoms with Crippen LogP contribution in [-0.4, -0.2) is 58.6 Å². The summed E-state index contributed by atoms with van der Waals surface area (Å²) in [7, 11) is -2.59. The molecule has 2 aliphatic heterocycles. The number of halogens is 4. The van der Waals surface area contributed by atoms with Crippen LogP contribution in [0.2, 0.25) is 0 Å². The first-order chi connectivity index (χ1) is 16.5. The smallest absolute Gasteiger partial charge is 0.418 e. The van der Waals surface area contributed by atoms with Gasteiger partial charge in [0, 0.05) is 50.1 Å². The van der Waals surface area contributed by atoms with Crippen LogP contribution in [0, 0.1) is 5.82 Å². The lowest BCUT2D eigenvalue weighted by Gasteiger charge is -2.41. The lowest BCUT2D eigenvalue weighted by atomic mass is 10.1. The molecule has 2 saturated heterocycles. The quantitative estimate of drug-likeness (QED) is 0.539. The first kappa shape index (κ1) is 25.6. The third kappa shape index (κ3) is 5.20. The van der Waals surface area contributed by atoms with Gasteiger partial charge in [-0.1, -0.05) is 0 Å². The summed E-state index contributed by atoms with van der Waals surface area (Å²) in [6.45, 7) is 3.39. The predicted octanol–water partition coefficient (Wildman–Crippen LogP) is 4.74. The Balaban J connectivity index is 1.61. The van der Waals surface area contributed by atoms with E-state index in [2.05, 4.69) is 4.90 Å². The monoisotopic (exact) mass is 515 g/mol. The van der Waals surface area contributed by atoms with E-state index in [0.29, 0.717) is 6.07 Å². The molecule has 2 fully saturated rings. The van der Waals surface area contributed by atoms with Crippen molar-refractivity contribution in [1.82, 2.24) is 4.31 Å². The number of rotatable bonds is 5. The number of benzene rings is 2. The van der Waals surface area contributed by atoms with E-state index >= 15 is 0 Å². The van der Waals surface area contributed by atoms with Gasteiger partial charge in [-0.3, -0.25) is 0 Å². The molecule has 2 aliphatic rings. The van der Waals surface area contributed by atoms with Crippen LogP contribution in [0.1, 0.15) is 31.7 Å². The van der Waals surface area contributed by atoms with E-state index in [9.17, 15) is 26.0 Å². The molecule has 2 aromatic rings. The average Bonchev–Trinajstić information content (AvgIpc) is 2.83. The normalized spacial score (nSPS) is 20.2. The molecule has 192 valence electrons. The minimum absolute atomic E-state index is 0.0186. The highest BCUT2D eigenvalue weighted by atomic mass is 32.2. The molecule has 2 heterocycles. The molecule has 0 spiro atoms. The number of piperidine rings is 1. The maximum atomic E-state index is 13.7. The maximum Gasteiger partial charge on any atom is 0.418 e. The van der Waals surface area contributed by atoms with Gasteiger partial charge in [0.05, 0.1) is 12.7 Å². The zero-order valence-corrected chi connectivity index (χ0v) is 20.5. The number of anilines is 2. The van der Waals surface area contributed by atoms with Crippen LogP contribution in [0.5, 0.6) is 5.75 Å². The van der Waals surface area contributed by atoms with Crippen LogP contribution in [0.3, 0.4) is 0 Å². The van der Waals surface area contributed by atoms with Crippen molar-refractivity contribution in [2.75, 3.05) is 49.6 Å². The minimum Gasteiger partial charge on any atom is -0.495 e. The molecule has 0 N–H and O–H groups in total. The Morgan fingerprint density at radius 2 is 1.66 bits per heavy atom. The molecule has 0 amide bonds. The van der Waals surface area contributed by atoms with Crippen molar-refractivity contribution in [3.8, 4) is 5.75 Å². The zero-order chi connectivity index (χ0) is 25.4. The Morgan fingerprint density at radius 3 is 2.29 bits per heavy atom. The zero-order valence-electron chi connectivity index (χ0n) is 19.7. The van der Waals surface area contributed by atoms with Crippen molar-refractivity contribution in [2.24, 2.45) is 0 Å². The van der Waals surface area contributed by atoms with Crippen molar-refractivity contribution in [2.45, 2.75) is 43.3 Å². The van der Waals surface area contributed by atoms with Crippen LogP contribution >= 0.6 is 0 Å². The van der Waals surface area contributed by atoms with Crippen molar-refractivity contribution >= 4 is 21.4 Å². The summed E-state index contributed by atoms with van der Waals surface area (Å²) in [6.07, 6.45) is -1.51. The van der Waals surface area contributed by atoms with Crippen LogP contribution < -0.4 is 14.5 Å². The fourth-order valence-electron chi connectivity index (χ4n) is 4.87. The fraction of sp³-hybridized carbons (Fsp3) is 0.500. The molecule has 0 saturated carbocycles. The van der Waals surface area contributed by atoms with Gasteiger partial charge in [0.1, 0.15) is 16.5 Å². The van der Waals surface area contributed by atoms with Crippen LogP contribution in [0.15, 0.2) is 41.3 Å². The van der Waals surface area contributed by atoms with Gasteiger partial charge in [0.15, 0.2) is 0 Å². The number of sulfonamides is 1. The van der Waals surface area contributed by atoms with Gasteiger partial charge in [-0.15, -0.1) is 0 Å². The molecular formula is C24H29F4N3O3S. The molecule has 0 unspecified atom stereocenters.